The molecule has 500 valence electrons. The predicted molar refractivity (Wildman–Crippen MR) is 336 cm³/mol. The van der Waals surface area contributed by atoms with Crippen molar-refractivity contribution >= 4 is 65.2 Å². The molecule has 4 aromatic carbocycles. The van der Waals surface area contributed by atoms with E-state index in [-0.39, 0.29) is 58.6 Å². The number of esters is 5. The quantitative estimate of drug-likeness (QED) is 0.0222. The summed E-state index contributed by atoms with van der Waals surface area (Å²) in [7, 11) is 0. The van der Waals surface area contributed by atoms with Gasteiger partial charge in [0.05, 0.1) is 36.2 Å². The lowest BCUT2D eigenvalue weighted by molar-refractivity contribution is -0.346. The summed E-state index contributed by atoms with van der Waals surface area (Å²) in [4.78, 5) is 156. The van der Waals surface area contributed by atoms with Gasteiger partial charge in [0.1, 0.15) is 48.6 Å². The number of benzene rings is 4. The number of amides is 5. The average Bonchev–Trinajstić information content (AvgIpc) is 0.670. The van der Waals surface area contributed by atoms with Crippen LogP contribution >= 0.6 is 0 Å². The molecule has 4 aliphatic rings. The van der Waals surface area contributed by atoms with Crippen molar-refractivity contribution in [2.45, 2.75) is 154 Å². The minimum absolute atomic E-state index is 0.00987. The van der Waals surface area contributed by atoms with Crippen molar-refractivity contribution in [2.75, 3.05) is 19.7 Å². The highest BCUT2D eigenvalue weighted by Crippen LogP contribution is 2.64. The van der Waals surface area contributed by atoms with Gasteiger partial charge in [-0.05, 0) is 79.6 Å². The molecule has 3 aliphatic carbocycles. The van der Waals surface area contributed by atoms with E-state index in [2.05, 4.69) is 33.2 Å². The lowest BCUT2D eigenvalue weighted by Crippen LogP contribution is -2.82. The number of fused-ring (bicyclic) bond motifs is 5. The van der Waals surface area contributed by atoms with Crippen molar-refractivity contribution in [1.29, 1.82) is 0 Å². The van der Waals surface area contributed by atoms with E-state index >= 15 is 9.59 Å². The second-order valence-electron chi connectivity index (χ2n) is 25.5. The molecule has 5 amide bonds. The van der Waals surface area contributed by atoms with Crippen molar-refractivity contribution < 1.29 is 91.4 Å². The molecule has 1 aliphatic heterocycles. The minimum atomic E-state index is -2.58. The van der Waals surface area contributed by atoms with Crippen LogP contribution in [-0.2, 0) is 78.0 Å². The first kappa shape index (κ1) is 70.5. The van der Waals surface area contributed by atoms with E-state index in [0.717, 1.165) is 13.8 Å². The van der Waals surface area contributed by atoms with E-state index in [1.807, 2.05) is 0 Å². The summed E-state index contributed by atoms with van der Waals surface area (Å²) in [6, 6.07) is 27.8. The van der Waals surface area contributed by atoms with Gasteiger partial charge in [-0.1, -0.05) is 131 Å². The molecular formula is C70H81N5O19. The molecular weight excluding hydrogens is 1210 g/mol. The number of carbonyl (C=O) groups excluding carboxylic acids is 11. The van der Waals surface area contributed by atoms with Gasteiger partial charge in [-0.15, -0.1) is 0 Å². The average molecular weight is 1300 g/mol. The molecule has 2 bridgehead atoms. The van der Waals surface area contributed by atoms with Crippen LogP contribution in [0.4, 0.5) is 0 Å². The highest BCUT2D eigenvalue weighted by molar-refractivity contribution is 5.98. The Morgan fingerprint density at radius 2 is 1.31 bits per heavy atom. The third kappa shape index (κ3) is 15.0. The minimum Gasteiger partial charge on any atom is -0.455 e. The van der Waals surface area contributed by atoms with Gasteiger partial charge in [0, 0.05) is 49.7 Å². The number of carbonyl (C=O) groups is 11. The molecule has 1 heterocycles. The summed E-state index contributed by atoms with van der Waals surface area (Å²) in [5.74, 6) is -12.1. The second-order valence-corrected chi connectivity index (χ2v) is 25.5. The highest BCUT2D eigenvalue weighted by Gasteiger charge is 2.78. The van der Waals surface area contributed by atoms with Crippen molar-refractivity contribution in [2.24, 2.45) is 22.7 Å². The van der Waals surface area contributed by atoms with E-state index in [0.29, 0.717) is 5.56 Å². The van der Waals surface area contributed by atoms with Gasteiger partial charge in [0.25, 0.3) is 5.91 Å². The number of ether oxygens (including phenoxy) is 6. The zero-order valence-corrected chi connectivity index (χ0v) is 53.9. The second kappa shape index (κ2) is 29.3. The molecule has 0 spiro atoms. The third-order valence-corrected chi connectivity index (χ3v) is 18.2. The SMILES string of the molecule is C=C(C)C(=O)NCC(=O)N[C@@H](Cc1ccccc1)C(=O)N[C@@H](CC(C)C)C(=O)NCC(=O)O[C@H](C(=O)O[C@H]1C[C@@]2(O)[C@@H](OC(=O)c3ccccc3)[C@@H]3[C@]4(OC(C)=O)CO[C@@H]4C[C@H](O)[C@@]3(C)C(=O)[C@H](OC(C)=O)C(=C1C)C2(C)C)C(NC(=O)c1ccccc1)c1ccccc1. The molecule has 0 aromatic heterocycles. The van der Waals surface area contributed by atoms with Gasteiger partial charge in [-0.25, -0.2) is 9.59 Å². The third-order valence-electron chi connectivity index (χ3n) is 18.2. The Morgan fingerprint density at radius 3 is 1.87 bits per heavy atom. The van der Waals surface area contributed by atoms with Crippen molar-refractivity contribution in [3.63, 3.8) is 0 Å². The Hall–Kier alpha value is -9.39. The maximum atomic E-state index is 16.0. The van der Waals surface area contributed by atoms with E-state index in [9.17, 15) is 53.4 Å². The summed E-state index contributed by atoms with van der Waals surface area (Å²) < 4.78 is 37.1. The molecule has 1 saturated heterocycles. The Bertz CT molecular complexity index is 3580. The lowest BCUT2D eigenvalue weighted by atomic mass is 9.44. The van der Waals surface area contributed by atoms with E-state index < -0.39 is 174 Å². The molecule has 8 rings (SSSR count). The Balaban J connectivity index is 1.18. The van der Waals surface area contributed by atoms with Crippen molar-refractivity contribution in [3.8, 4) is 0 Å². The van der Waals surface area contributed by atoms with Crippen LogP contribution in [0.3, 0.4) is 0 Å². The zero-order chi connectivity index (χ0) is 68.6. The molecule has 1 unspecified atom stereocenters. The number of aliphatic hydroxyl groups is 2. The number of rotatable bonds is 24. The summed E-state index contributed by atoms with van der Waals surface area (Å²) in [6.45, 7) is 14.7. The maximum Gasteiger partial charge on any atom is 0.350 e. The molecule has 13 atom stereocenters. The molecule has 7 N–H and O–H groups in total. The molecule has 3 fully saturated rings. The fraction of sp³-hybridized carbons (Fsp3) is 0.443. The molecule has 24 heteroatoms. The predicted octanol–water partition coefficient (Wildman–Crippen LogP) is 4.35. The molecule has 94 heavy (non-hydrogen) atoms. The van der Waals surface area contributed by atoms with Crippen LogP contribution in [0, 0.1) is 22.7 Å². The first-order valence-electron chi connectivity index (χ1n) is 31.0. The molecule has 4 aromatic rings. The summed E-state index contributed by atoms with van der Waals surface area (Å²) >= 11 is 0. The highest BCUT2D eigenvalue weighted by atomic mass is 16.6. The lowest BCUT2D eigenvalue weighted by Gasteiger charge is -2.67. The fourth-order valence-corrected chi connectivity index (χ4v) is 13.3. The first-order valence-corrected chi connectivity index (χ1v) is 31.0. The number of nitrogens with one attached hydrogen (secondary N) is 5. The molecule has 24 nitrogen and oxygen atoms in total. The molecule has 2 saturated carbocycles. The Labute approximate surface area is 544 Å². The molecule has 0 radical (unpaired) electrons. The van der Waals surface area contributed by atoms with Crippen molar-refractivity contribution in [3.05, 3.63) is 167 Å². The van der Waals surface area contributed by atoms with Gasteiger partial charge in [-0.3, -0.25) is 43.2 Å². The van der Waals surface area contributed by atoms with Crippen LogP contribution in [0.25, 0.3) is 0 Å². The Morgan fingerprint density at radius 1 is 0.713 bits per heavy atom. The maximum absolute atomic E-state index is 16.0. The number of ketones is 1. The van der Waals surface area contributed by atoms with Crippen LogP contribution in [0.5, 0.6) is 0 Å². The number of Topliss-reactive ketones (excluding diaryl/α,β-unsaturated/α-hetero) is 1. The van der Waals surface area contributed by atoms with Gasteiger partial charge in [-0.2, -0.15) is 0 Å². The van der Waals surface area contributed by atoms with Crippen LogP contribution in [0.2, 0.25) is 0 Å². The van der Waals surface area contributed by atoms with E-state index in [1.54, 1.807) is 98.8 Å². The number of hydrogen-bond donors (Lipinski definition) is 7. The van der Waals surface area contributed by atoms with Gasteiger partial charge >= 0.3 is 29.8 Å². The van der Waals surface area contributed by atoms with E-state index in [1.165, 1.54) is 71.0 Å². The van der Waals surface area contributed by atoms with Crippen LogP contribution < -0.4 is 26.6 Å². The van der Waals surface area contributed by atoms with Gasteiger partial charge < -0.3 is 65.2 Å². The van der Waals surface area contributed by atoms with Crippen LogP contribution in [0.1, 0.15) is 119 Å². The summed E-state index contributed by atoms with van der Waals surface area (Å²) in [5, 5.41) is 39.5. The van der Waals surface area contributed by atoms with Gasteiger partial charge in [0.15, 0.2) is 17.5 Å². The van der Waals surface area contributed by atoms with Crippen molar-refractivity contribution in [1.82, 2.24) is 26.6 Å². The largest absolute Gasteiger partial charge is 0.455 e. The van der Waals surface area contributed by atoms with Gasteiger partial charge in [0.2, 0.25) is 29.7 Å². The summed E-state index contributed by atoms with van der Waals surface area (Å²) in [5.41, 5.74) is -7.50. The smallest absolute Gasteiger partial charge is 0.350 e. The first-order chi connectivity index (χ1) is 44.4. The fourth-order valence-electron chi connectivity index (χ4n) is 13.3. The topological polar surface area (TPSA) is 344 Å². The Kier molecular flexibility index (Phi) is 21.9. The number of hydrogen-bond acceptors (Lipinski definition) is 19. The number of aliphatic hydroxyl groups excluding tert-OH is 1. The van der Waals surface area contributed by atoms with Crippen LogP contribution in [-0.4, -0.2) is 155 Å². The standard InChI is InChI=1S/C70H81N5O19/c1-38(2)31-47(74-64(85)48(32-43-23-15-11-16-24-43)73-52(79)35-71-61(82)39(3)4)63(84)72-36-53(80)92-57(55(44-25-17-12-18-26-44)75-62(83)45-27-19-13-20-28-45)66(87)91-49-34-70(88)60(93-65(86)46-29-21-14-22-30-46)58-68(10,50(78)33-51-69(58,37-89-51)94-42(7)77)59(81)56(90-41(6)76)54(40(49)5)67(70,8)9/h11-30,38,47-51,55-58,60,78,88H,3,31-37H2,1-2,4-10H3,(H,71,82)(H,72,84)(H,73,79)(H,74,85)(H,75,83)/t47-,48-,49-,50-,51+,55?,56+,57-,58-,60-,68+,69-,70+/m0/s1. The summed E-state index contributed by atoms with van der Waals surface area (Å²) in [6.07, 6.45) is -11.7. The zero-order valence-electron chi connectivity index (χ0n) is 53.9. The normalized spacial score (nSPS) is 25.3. The van der Waals surface area contributed by atoms with Crippen LogP contribution in [0.15, 0.2) is 145 Å². The monoisotopic (exact) mass is 1300 g/mol. The van der Waals surface area contributed by atoms with E-state index in [4.69, 9.17) is 28.4 Å².